The Balaban J connectivity index is 2.31. The number of benzene rings is 1. The van der Waals surface area contributed by atoms with Crippen LogP contribution in [0.15, 0.2) is 34.8 Å². The molecular weight excluding hydrogens is 290 g/mol. The first-order valence-electron chi connectivity index (χ1n) is 5.95. The van der Waals surface area contributed by atoms with Crippen molar-refractivity contribution in [2.45, 2.75) is 32.7 Å². The van der Waals surface area contributed by atoms with Gasteiger partial charge in [0.25, 0.3) is 0 Å². The smallest absolute Gasteiger partial charge is 0.122 e. The highest BCUT2D eigenvalue weighted by Crippen LogP contribution is 2.24. The number of hydrogen-bond acceptors (Lipinski definition) is 2. The Morgan fingerprint density at radius 2 is 1.94 bits per heavy atom. The summed E-state index contributed by atoms with van der Waals surface area (Å²) in [5.74, 6) is 0.704. The lowest BCUT2D eigenvalue weighted by Crippen LogP contribution is -2.13. The van der Waals surface area contributed by atoms with Crippen molar-refractivity contribution in [2.24, 2.45) is 0 Å². The summed E-state index contributed by atoms with van der Waals surface area (Å²) in [4.78, 5) is 0. The SMILES string of the molecule is CC(C)(C)c1cc(N)n(Cc2ccccc2Br)n1. The maximum Gasteiger partial charge on any atom is 0.122 e. The van der Waals surface area contributed by atoms with E-state index in [0.29, 0.717) is 12.4 Å². The summed E-state index contributed by atoms with van der Waals surface area (Å²) in [6, 6.07) is 10.1. The van der Waals surface area contributed by atoms with Gasteiger partial charge in [-0.25, -0.2) is 4.68 Å². The fourth-order valence-corrected chi connectivity index (χ4v) is 2.12. The van der Waals surface area contributed by atoms with E-state index in [1.165, 1.54) is 5.56 Å². The Hall–Kier alpha value is -1.29. The minimum absolute atomic E-state index is 0.0211. The highest BCUT2D eigenvalue weighted by Gasteiger charge is 2.19. The van der Waals surface area contributed by atoms with E-state index >= 15 is 0 Å². The van der Waals surface area contributed by atoms with Crippen LogP contribution in [0.1, 0.15) is 32.0 Å². The normalized spacial score (nSPS) is 11.8. The first-order chi connectivity index (χ1) is 8.38. The van der Waals surface area contributed by atoms with Crippen LogP contribution in [0.5, 0.6) is 0 Å². The van der Waals surface area contributed by atoms with Gasteiger partial charge in [-0.1, -0.05) is 54.9 Å². The first kappa shape index (κ1) is 13.1. The third-order valence-corrected chi connectivity index (χ3v) is 3.63. The molecule has 0 aliphatic heterocycles. The van der Waals surface area contributed by atoms with Crippen molar-refractivity contribution < 1.29 is 0 Å². The van der Waals surface area contributed by atoms with Crippen molar-refractivity contribution in [2.75, 3.05) is 5.73 Å². The molecular formula is C14H18BrN3. The molecule has 4 heteroatoms. The third kappa shape index (κ3) is 2.75. The van der Waals surface area contributed by atoms with E-state index in [1.807, 2.05) is 28.9 Å². The summed E-state index contributed by atoms with van der Waals surface area (Å²) in [5.41, 5.74) is 8.24. The number of aromatic nitrogens is 2. The van der Waals surface area contributed by atoms with E-state index in [9.17, 15) is 0 Å². The van der Waals surface area contributed by atoms with Gasteiger partial charge in [-0.15, -0.1) is 0 Å². The van der Waals surface area contributed by atoms with Gasteiger partial charge in [0.1, 0.15) is 5.82 Å². The fourth-order valence-electron chi connectivity index (χ4n) is 1.71. The van der Waals surface area contributed by atoms with Gasteiger partial charge in [0, 0.05) is 16.0 Å². The van der Waals surface area contributed by atoms with E-state index in [-0.39, 0.29) is 5.41 Å². The molecule has 0 amide bonds. The minimum atomic E-state index is 0.0211. The molecule has 1 aromatic carbocycles. The van der Waals surface area contributed by atoms with Crippen LogP contribution in [0.3, 0.4) is 0 Å². The second-order valence-electron chi connectivity index (χ2n) is 5.45. The molecule has 2 N–H and O–H groups in total. The maximum atomic E-state index is 6.02. The van der Waals surface area contributed by atoms with E-state index in [0.717, 1.165) is 10.2 Å². The largest absolute Gasteiger partial charge is 0.384 e. The summed E-state index contributed by atoms with van der Waals surface area (Å²) in [6.45, 7) is 7.09. The molecule has 1 aromatic heterocycles. The van der Waals surface area contributed by atoms with Crippen LogP contribution in [0.4, 0.5) is 5.82 Å². The van der Waals surface area contributed by atoms with Gasteiger partial charge in [0.05, 0.1) is 12.2 Å². The lowest BCUT2D eigenvalue weighted by molar-refractivity contribution is 0.546. The number of anilines is 1. The summed E-state index contributed by atoms with van der Waals surface area (Å²) in [5, 5.41) is 4.59. The molecule has 96 valence electrons. The molecule has 1 heterocycles. The zero-order valence-corrected chi connectivity index (χ0v) is 12.5. The number of hydrogen-bond donors (Lipinski definition) is 1. The number of rotatable bonds is 2. The highest BCUT2D eigenvalue weighted by atomic mass is 79.9. The number of halogens is 1. The summed E-state index contributed by atoms with van der Waals surface area (Å²) in [6.07, 6.45) is 0. The molecule has 0 saturated heterocycles. The summed E-state index contributed by atoms with van der Waals surface area (Å²) < 4.78 is 2.93. The van der Waals surface area contributed by atoms with Gasteiger partial charge in [0.2, 0.25) is 0 Å². The van der Waals surface area contributed by atoms with Crippen molar-refractivity contribution in [3.8, 4) is 0 Å². The molecule has 3 nitrogen and oxygen atoms in total. The van der Waals surface area contributed by atoms with E-state index in [1.54, 1.807) is 0 Å². The zero-order chi connectivity index (χ0) is 13.3. The van der Waals surface area contributed by atoms with Crippen LogP contribution in [0, 0.1) is 0 Å². The van der Waals surface area contributed by atoms with Crippen molar-refractivity contribution in [1.29, 1.82) is 0 Å². The Kier molecular flexibility index (Phi) is 3.48. The Morgan fingerprint density at radius 1 is 1.28 bits per heavy atom. The van der Waals surface area contributed by atoms with E-state index in [4.69, 9.17) is 5.73 Å². The molecule has 0 atom stereocenters. The predicted octanol–water partition coefficient (Wildman–Crippen LogP) is 3.57. The molecule has 0 aliphatic carbocycles. The first-order valence-corrected chi connectivity index (χ1v) is 6.74. The van der Waals surface area contributed by atoms with Crippen LogP contribution < -0.4 is 5.73 Å². The van der Waals surface area contributed by atoms with Gasteiger partial charge in [-0.2, -0.15) is 5.10 Å². The Bertz CT molecular complexity index is 552. The summed E-state index contributed by atoms with van der Waals surface area (Å²) >= 11 is 3.54. The molecule has 0 spiro atoms. The van der Waals surface area contributed by atoms with Gasteiger partial charge in [-0.05, 0) is 11.6 Å². The average Bonchev–Trinajstić information content (AvgIpc) is 2.63. The van der Waals surface area contributed by atoms with E-state index in [2.05, 4.69) is 47.9 Å². The van der Waals surface area contributed by atoms with Crippen molar-refractivity contribution >= 4 is 21.7 Å². The zero-order valence-electron chi connectivity index (χ0n) is 10.9. The third-order valence-electron chi connectivity index (χ3n) is 2.86. The lowest BCUT2D eigenvalue weighted by Gasteiger charge is -2.14. The van der Waals surface area contributed by atoms with Crippen molar-refractivity contribution in [3.63, 3.8) is 0 Å². The van der Waals surface area contributed by atoms with Crippen LogP contribution in [0.25, 0.3) is 0 Å². The molecule has 18 heavy (non-hydrogen) atoms. The topological polar surface area (TPSA) is 43.8 Å². The van der Waals surface area contributed by atoms with Gasteiger partial charge in [0.15, 0.2) is 0 Å². The van der Waals surface area contributed by atoms with Crippen molar-refractivity contribution in [1.82, 2.24) is 9.78 Å². The molecule has 0 unspecified atom stereocenters. The molecule has 0 aliphatic rings. The van der Waals surface area contributed by atoms with Gasteiger partial charge >= 0.3 is 0 Å². The Labute approximate surface area is 116 Å². The predicted molar refractivity (Wildman–Crippen MR) is 78.6 cm³/mol. The van der Waals surface area contributed by atoms with E-state index < -0.39 is 0 Å². The maximum absolute atomic E-state index is 6.02. The lowest BCUT2D eigenvalue weighted by atomic mass is 9.92. The number of nitrogens with zero attached hydrogens (tertiary/aromatic N) is 2. The molecule has 2 rings (SSSR count). The standard InChI is InChI=1S/C14H18BrN3/c1-14(2,3)12-8-13(16)18(17-12)9-10-6-4-5-7-11(10)15/h4-8H,9,16H2,1-3H3. The van der Waals surface area contributed by atoms with Crippen LogP contribution >= 0.6 is 15.9 Å². The van der Waals surface area contributed by atoms with Gasteiger partial charge < -0.3 is 5.73 Å². The number of nitrogen functional groups attached to an aromatic ring is 1. The van der Waals surface area contributed by atoms with Crippen molar-refractivity contribution in [3.05, 3.63) is 46.1 Å². The van der Waals surface area contributed by atoms with Gasteiger partial charge in [-0.3, -0.25) is 0 Å². The summed E-state index contributed by atoms with van der Waals surface area (Å²) in [7, 11) is 0. The van der Waals surface area contributed by atoms with Crippen LogP contribution in [-0.4, -0.2) is 9.78 Å². The minimum Gasteiger partial charge on any atom is -0.384 e. The quantitative estimate of drug-likeness (QED) is 0.921. The average molecular weight is 308 g/mol. The van der Waals surface area contributed by atoms with Crippen LogP contribution in [-0.2, 0) is 12.0 Å². The highest BCUT2D eigenvalue weighted by molar-refractivity contribution is 9.10. The second-order valence-corrected chi connectivity index (χ2v) is 6.31. The molecule has 0 bridgehead atoms. The molecule has 0 fully saturated rings. The molecule has 0 radical (unpaired) electrons. The molecule has 2 aromatic rings. The second kappa shape index (κ2) is 4.76. The monoisotopic (exact) mass is 307 g/mol. The fraction of sp³-hybridized carbons (Fsp3) is 0.357. The molecule has 0 saturated carbocycles. The van der Waals surface area contributed by atoms with Crippen LogP contribution in [0.2, 0.25) is 0 Å². The Morgan fingerprint density at radius 3 is 2.50 bits per heavy atom. The number of nitrogens with two attached hydrogens (primary N) is 1.